The molecule has 0 bridgehead atoms. The van der Waals surface area contributed by atoms with Crippen molar-refractivity contribution in [3.63, 3.8) is 0 Å². The molecule has 4 rings (SSSR count). The highest BCUT2D eigenvalue weighted by Gasteiger charge is 2.33. The number of carbonyl (C=O) groups is 2. The van der Waals surface area contributed by atoms with Gasteiger partial charge in [-0.05, 0) is 67.4 Å². The molecule has 0 aliphatic heterocycles. The maximum Gasteiger partial charge on any atom is 0.257 e. The van der Waals surface area contributed by atoms with Gasteiger partial charge >= 0.3 is 0 Å². The van der Waals surface area contributed by atoms with E-state index in [0.29, 0.717) is 10.8 Å². The Labute approximate surface area is 247 Å². The molecule has 4 aromatic rings. The predicted octanol–water partition coefficient (Wildman–Crippen LogP) is 6.64. The number of benzene rings is 3. The monoisotopic (exact) mass is 613 g/mol. The Balaban J connectivity index is 1.68. The zero-order valence-electron chi connectivity index (χ0n) is 21.9. The van der Waals surface area contributed by atoms with E-state index < -0.39 is 32.7 Å². The van der Waals surface area contributed by atoms with Crippen LogP contribution < -0.4 is 15.4 Å². The Hall–Kier alpha value is -4.12. The fraction of sp³-hybridized carbons (Fsp3) is 0.138. The van der Waals surface area contributed by atoms with Crippen LogP contribution in [0.3, 0.4) is 0 Å². The summed E-state index contributed by atoms with van der Waals surface area (Å²) < 4.78 is 32.6. The molecule has 3 aromatic carbocycles. The average molecular weight is 615 g/mol. The van der Waals surface area contributed by atoms with E-state index in [-0.39, 0.29) is 39.2 Å². The second-order valence-electron chi connectivity index (χ2n) is 8.99. The summed E-state index contributed by atoms with van der Waals surface area (Å²) in [7, 11) is -4.04. The molecule has 1 heterocycles. The van der Waals surface area contributed by atoms with Crippen LogP contribution in [0.1, 0.15) is 29.3 Å². The van der Waals surface area contributed by atoms with Gasteiger partial charge in [0.15, 0.2) is 15.6 Å². The van der Waals surface area contributed by atoms with Crippen molar-refractivity contribution < 1.29 is 27.9 Å². The number of halogens is 2. The van der Waals surface area contributed by atoms with E-state index in [4.69, 9.17) is 27.9 Å². The molecule has 0 saturated heterocycles. The highest BCUT2D eigenvalue weighted by molar-refractivity contribution is 7.92. The topological polar surface area (TPSA) is 135 Å². The molecule has 0 saturated carbocycles. The van der Waals surface area contributed by atoms with Crippen molar-refractivity contribution in [2.24, 2.45) is 0 Å². The molecule has 0 spiro atoms. The lowest BCUT2D eigenvalue weighted by Gasteiger charge is -2.19. The molecular weight excluding hydrogens is 589 g/mol. The van der Waals surface area contributed by atoms with Crippen LogP contribution in [0.15, 0.2) is 83.9 Å². The molecule has 0 fully saturated rings. The number of nitrogens with zero attached hydrogens (tertiary/aromatic N) is 1. The van der Waals surface area contributed by atoms with Gasteiger partial charge in [0.25, 0.3) is 5.91 Å². The minimum Gasteiger partial charge on any atom is -0.506 e. The standard InChI is InChI=1S/C29H25Cl2N3O6S/c1-3-26(41(38,39)21-6-4-5-17(2)13-21)29(37)34-23-14-24(35)22(33-28(36)18-7-12-27(31)32-16-18)15-25(23)40-20-10-8-19(30)9-11-20/h4-16,26,35H,3H2,1-2H3,(H,33,36)(H,34,37). The minimum absolute atomic E-state index is 0.00919. The molecule has 3 N–H and O–H groups in total. The lowest BCUT2D eigenvalue weighted by Crippen LogP contribution is -2.34. The molecule has 0 aliphatic carbocycles. The van der Waals surface area contributed by atoms with Crippen molar-refractivity contribution in [2.45, 2.75) is 30.4 Å². The van der Waals surface area contributed by atoms with Gasteiger partial charge < -0.3 is 20.5 Å². The number of sulfone groups is 1. The van der Waals surface area contributed by atoms with E-state index in [9.17, 15) is 23.1 Å². The molecule has 9 nitrogen and oxygen atoms in total. The number of phenolic OH excluding ortho intramolecular Hbond substituents is 1. The fourth-order valence-corrected chi connectivity index (χ4v) is 5.86. The van der Waals surface area contributed by atoms with Crippen LogP contribution in [0.25, 0.3) is 0 Å². The first-order valence-electron chi connectivity index (χ1n) is 12.3. The third-order valence-electron chi connectivity index (χ3n) is 5.99. The third kappa shape index (κ3) is 7.15. The molecule has 0 aliphatic rings. The highest BCUT2D eigenvalue weighted by atomic mass is 35.5. The Morgan fingerprint density at radius 1 is 0.976 bits per heavy atom. The molecule has 12 heteroatoms. The molecule has 1 aromatic heterocycles. The van der Waals surface area contributed by atoms with Crippen molar-refractivity contribution in [3.8, 4) is 17.2 Å². The van der Waals surface area contributed by atoms with Crippen LogP contribution >= 0.6 is 23.2 Å². The van der Waals surface area contributed by atoms with Crippen LogP contribution in [-0.2, 0) is 14.6 Å². The van der Waals surface area contributed by atoms with Gasteiger partial charge in [0.05, 0.1) is 21.8 Å². The van der Waals surface area contributed by atoms with Crippen molar-refractivity contribution in [2.75, 3.05) is 10.6 Å². The summed E-state index contributed by atoms with van der Waals surface area (Å²) in [6.07, 6.45) is 1.26. The van der Waals surface area contributed by atoms with E-state index >= 15 is 0 Å². The van der Waals surface area contributed by atoms with E-state index in [1.54, 1.807) is 50.2 Å². The SMILES string of the molecule is CCC(C(=O)Nc1cc(O)c(NC(=O)c2ccc(Cl)nc2)cc1Oc1ccc(Cl)cc1)S(=O)(=O)c1cccc(C)c1. The average Bonchev–Trinajstić information content (AvgIpc) is 2.93. The number of nitrogens with one attached hydrogen (secondary N) is 2. The summed E-state index contributed by atoms with van der Waals surface area (Å²) in [4.78, 5) is 30.0. The second kappa shape index (κ2) is 12.6. The van der Waals surface area contributed by atoms with Gasteiger partial charge in [0.2, 0.25) is 5.91 Å². The number of aromatic nitrogens is 1. The summed E-state index contributed by atoms with van der Waals surface area (Å²) >= 11 is 11.8. The highest BCUT2D eigenvalue weighted by Crippen LogP contribution is 2.39. The number of rotatable bonds is 9. The molecule has 1 atom stereocenters. The van der Waals surface area contributed by atoms with Gasteiger partial charge in [0.1, 0.15) is 21.9 Å². The Bertz CT molecular complexity index is 1700. The minimum atomic E-state index is -4.04. The largest absolute Gasteiger partial charge is 0.506 e. The van der Waals surface area contributed by atoms with Gasteiger partial charge in [-0.2, -0.15) is 0 Å². The first kappa shape index (κ1) is 29.9. The van der Waals surface area contributed by atoms with Crippen molar-refractivity contribution >= 4 is 56.2 Å². The van der Waals surface area contributed by atoms with Crippen molar-refractivity contribution in [3.05, 3.63) is 100 Å². The Kier molecular flexibility index (Phi) is 9.17. The van der Waals surface area contributed by atoms with E-state index in [2.05, 4.69) is 15.6 Å². The molecular formula is C29H25Cl2N3O6S. The number of aromatic hydroxyl groups is 1. The normalized spacial score (nSPS) is 11.9. The van der Waals surface area contributed by atoms with Crippen molar-refractivity contribution in [1.82, 2.24) is 4.98 Å². The van der Waals surface area contributed by atoms with Crippen LogP contribution in [0.5, 0.6) is 17.2 Å². The number of amides is 2. The summed E-state index contributed by atoms with van der Waals surface area (Å²) in [6, 6.07) is 18.0. The van der Waals surface area contributed by atoms with Gasteiger partial charge in [-0.1, -0.05) is 42.3 Å². The fourth-order valence-electron chi connectivity index (χ4n) is 3.90. The van der Waals surface area contributed by atoms with E-state index in [1.165, 1.54) is 36.5 Å². The van der Waals surface area contributed by atoms with E-state index in [0.717, 1.165) is 11.6 Å². The number of anilines is 2. The summed E-state index contributed by atoms with van der Waals surface area (Å²) in [6.45, 7) is 3.34. The Morgan fingerprint density at radius 3 is 2.34 bits per heavy atom. The van der Waals surface area contributed by atoms with Crippen LogP contribution in [0.2, 0.25) is 10.2 Å². The van der Waals surface area contributed by atoms with Gasteiger partial charge in [-0.3, -0.25) is 9.59 Å². The smallest absolute Gasteiger partial charge is 0.257 e. The number of phenols is 1. The van der Waals surface area contributed by atoms with Crippen LogP contribution in [0.4, 0.5) is 11.4 Å². The number of ether oxygens (including phenoxy) is 1. The first-order valence-corrected chi connectivity index (χ1v) is 14.6. The number of pyridine rings is 1. The lowest BCUT2D eigenvalue weighted by atomic mass is 10.2. The lowest BCUT2D eigenvalue weighted by molar-refractivity contribution is -0.115. The number of aryl methyl sites for hydroxylation is 1. The summed E-state index contributed by atoms with van der Waals surface area (Å²) in [5, 5.41) is 15.1. The molecule has 41 heavy (non-hydrogen) atoms. The molecule has 1 unspecified atom stereocenters. The molecule has 2 amide bonds. The quantitative estimate of drug-likeness (QED) is 0.142. The zero-order valence-corrected chi connectivity index (χ0v) is 24.2. The first-order chi connectivity index (χ1) is 19.5. The molecule has 0 radical (unpaired) electrons. The number of hydrogen-bond donors (Lipinski definition) is 3. The number of hydrogen-bond acceptors (Lipinski definition) is 7. The molecule has 212 valence electrons. The van der Waals surface area contributed by atoms with Gasteiger partial charge in [-0.15, -0.1) is 0 Å². The maximum atomic E-state index is 13.4. The summed E-state index contributed by atoms with van der Waals surface area (Å²) in [5.41, 5.74) is 0.855. The van der Waals surface area contributed by atoms with Gasteiger partial charge in [-0.25, -0.2) is 13.4 Å². The maximum absolute atomic E-state index is 13.4. The Morgan fingerprint density at radius 2 is 1.71 bits per heavy atom. The van der Waals surface area contributed by atoms with Gasteiger partial charge in [0, 0.05) is 23.4 Å². The predicted molar refractivity (Wildman–Crippen MR) is 158 cm³/mol. The second-order valence-corrected chi connectivity index (χ2v) is 11.9. The van der Waals surface area contributed by atoms with Crippen molar-refractivity contribution in [1.29, 1.82) is 0 Å². The van der Waals surface area contributed by atoms with E-state index in [1.807, 2.05) is 0 Å². The zero-order chi connectivity index (χ0) is 29.7. The van der Waals surface area contributed by atoms with Crippen LogP contribution in [-0.4, -0.2) is 35.6 Å². The number of carbonyl (C=O) groups excluding carboxylic acids is 2. The van der Waals surface area contributed by atoms with Crippen LogP contribution in [0, 0.1) is 6.92 Å². The third-order valence-corrected chi connectivity index (χ3v) is 8.67. The summed E-state index contributed by atoms with van der Waals surface area (Å²) in [5.74, 6) is -1.47.